The van der Waals surface area contributed by atoms with E-state index < -0.39 is 35.8 Å². The summed E-state index contributed by atoms with van der Waals surface area (Å²) in [7, 11) is 0. The summed E-state index contributed by atoms with van der Waals surface area (Å²) in [5.41, 5.74) is 13.7. The third kappa shape index (κ3) is 24.5. The van der Waals surface area contributed by atoms with Crippen molar-refractivity contribution in [1.82, 2.24) is 16.0 Å². The second kappa shape index (κ2) is 29.5. The number of hydrogen-bond donors (Lipinski definition) is 6. The third-order valence-electron chi connectivity index (χ3n) is 6.73. The Kier molecular flexibility index (Phi) is 25.9. The number of urea groups is 1. The van der Waals surface area contributed by atoms with Crippen molar-refractivity contribution >= 4 is 29.4 Å². The van der Waals surface area contributed by atoms with E-state index in [4.69, 9.17) is 39.7 Å². The molecule has 0 saturated heterocycles. The van der Waals surface area contributed by atoms with E-state index in [1.54, 1.807) is 13.8 Å². The molecule has 51 heavy (non-hydrogen) atoms. The van der Waals surface area contributed by atoms with Crippen molar-refractivity contribution in [3.63, 3.8) is 0 Å². The molecule has 0 fully saturated rings. The molecule has 0 aliphatic carbocycles. The Bertz CT molecular complexity index is 1170. The van der Waals surface area contributed by atoms with E-state index in [1.165, 1.54) is 24.3 Å². The summed E-state index contributed by atoms with van der Waals surface area (Å²) in [4.78, 5) is 52.5. The number of phenols is 1. The van der Waals surface area contributed by atoms with Crippen LogP contribution in [0.5, 0.6) is 5.75 Å². The predicted molar refractivity (Wildman–Crippen MR) is 186 cm³/mol. The van der Waals surface area contributed by atoms with Crippen LogP contribution in [-0.2, 0) is 42.8 Å². The average molecular weight is 727 g/mol. The van der Waals surface area contributed by atoms with E-state index in [0.29, 0.717) is 84.7 Å². The molecule has 0 spiro atoms. The molecule has 19 heteroatoms. The number of benzene rings is 1. The lowest BCUT2D eigenvalue weighted by atomic mass is 10.0. The minimum absolute atomic E-state index is 0.0147. The van der Waals surface area contributed by atoms with Crippen molar-refractivity contribution in [2.45, 2.75) is 45.2 Å². The van der Waals surface area contributed by atoms with Crippen LogP contribution in [0, 0.1) is 5.92 Å². The van der Waals surface area contributed by atoms with Crippen LogP contribution in [0.3, 0.4) is 0 Å². The summed E-state index contributed by atoms with van der Waals surface area (Å²) in [5.74, 6) is -1.69. The van der Waals surface area contributed by atoms with E-state index in [2.05, 4.69) is 31.3 Å². The molecule has 288 valence electrons. The summed E-state index contributed by atoms with van der Waals surface area (Å²) in [6, 6.07) is 3.26. The van der Waals surface area contributed by atoms with Gasteiger partial charge in [-0.3, -0.25) is 14.4 Å². The normalized spacial score (nSPS) is 12.1. The molecule has 5 amide bonds. The third-order valence-corrected chi connectivity index (χ3v) is 6.73. The summed E-state index contributed by atoms with van der Waals surface area (Å²) < 4.78 is 32.3. The van der Waals surface area contributed by atoms with Crippen molar-refractivity contribution in [2.24, 2.45) is 16.8 Å². The molecule has 0 saturated carbocycles. The summed E-state index contributed by atoms with van der Waals surface area (Å²) in [6.45, 7) is 8.40. The van der Waals surface area contributed by atoms with Gasteiger partial charge in [0.05, 0.1) is 79.3 Å². The topological polar surface area (TPSA) is 267 Å². The van der Waals surface area contributed by atoms with Gasteiger partial charge < -0.3 is 60.5 Å². The molecule has 0 aliphatic heterocycles. The van der Waals surface area contributed by atoms with Gasteiger partial charge in [-0.1, -0.05) is 19.0 Å². The molecular weight excluding hydrogens is 672 g/mol. The largest absolute Gasteiger partial charge is 0.508 e. The first-order valence-electron chi connectivity index (χ1n) is 16.8. The van der Waals surface area contributed by atoms with E-state index in [9.17, 15) is 24.3 Å². The molecule has 1 aromatic rings. The van der Waals surface area contributed by atoms with E-state index >= 15 is 0 Å². The van der Waals surface area contributed by atoms with Crippen LogP contribution in [-0.4, -0.2) is 133 Å². The van der Waals surface area contributed by atoms with Gasteiger partial charge in [0.2, 0.25) is 17.7 Å². The van der Waals surface area contributed by atoms with E-state index in [0.717, 1.165) is 0 Å². The van der Waals surface area contributed by atoms with Gasteiger partial charge in [-0.05, 0) is 48.6 Å². The van der Waals surface area contributed by atoms with Crippen molar-refractivity contribution in [3.8, 4) is 5.75 Å². The van der Waals surface area contributed by atoms with Crippen molar-refractivity contribution in [2.75, 3.05) is 97.7 Å². The molecule has 0 aromatic heterocycles. The number of aromatic hydroxyl groups is 1. The number of azide groups is 1. The highest BCUT2D eigenvalue weighted by molar-refractivity contribution is 5.98. The number of hydrogen-bond acceptors (Lipinski definition) is 12. The highest BCUT2D eigenvalue weighted by Gasteiger charge is 2.28. The maximum atomic E-state index is 13.2. The molecule has 19 nitrogen and oxygen atoms in total. The minimum atomic E-state index is -0.979. The van der Waals surface area contributed by atoms with Gasteiger partial charge in [-0.25, -0.2) is 4.79 Å². The molecule has 0 radical (unpaired) electrons. The van der Waals surface area contributed by atoms with Gasteiger partial charge in [0.1, 0.15) is 17.8 Å². The van der Waals surface area contributed by atoms with Crippen LogP contribution >= 0.6 is 0 Å². The Morgan fingerprint density at radius 1 is 0.784 bits per heavy atom. The van der Waals surface area contributed by atoms with Crippen molar-refractivity contribution in [1.29, 1.82) is 0 Å². The lowest BCUT2D eigenvalue weighted by Crippen LogP contribution is -2.54. The monoisotopic (exact) mass is 726 g/mol. The Labute approximate surface area is 298 Å². The SMILES string of the molecule is CC(C)C(NC(=O)CCOCCOCCOCCOCCOCCOCCN=[N+]=[N-])C(=O)NC(CCCNC(N)=O)C(=O)Nc1ccc(O)cc1. The first kappa shape index (κ1) is 44.8. The summed E-state index contributed by atoms with van der Waals surface area (Å²) in [6.07, 6.45) is 0.543. The lowest BCUT2D eigenvalue weighted by molar-refractivity contribution is -0.132. The maximum Gasteiger partial charge on any atom is 0.312 e. The number of nitrogens with one attached hydrogen (secondary N) is 4. The van der Waals surface area contributed by atoms with Crippen LogP contribution in [0.15, 0.2) is 29.4 Å². The fourth-order valence-electron chi connectivity index (χ4n) is 4.12. The highest BCUT2D eigenvalue weighted by Crippen LogP contribution is 2.15. The Hall–Kier alpha value is -4.23. The molecule has 2 atom stereocenters. The molecule has 0 heterocycles. The van der Waals surface area contributed by atoms with Crippen LogP contribution in [0.2, 0.25) is 0 Å². The fourth-order valence-corrected chi connectivity index (χ4v) is 4.12. The number of phenolic OH excluding ortho intramolecular Hbond substituents is 1. The van der Waals surface area contributed by atoms with Crippen LogP contribution in [0.25, 0.3) is 10.4 Å². The minimum Gasteiger partial charge on any atom is -0.508 e. The standard InChI is InChI=1S/C32H54N8O11/c1-24(2)29(31(44)38-27(4-3-10-35-32(33)45)30(43)37-25-5-7-26(41)8-6-25)39-28(42)9-12-46-14-16-48-18-20-50-22-23-51-21-19-49-17-15-47-13-11-36-40-34/h5-8,24,27,29,41H,3-4,9-23H2,1-2H3,(H,37,43)(H,38,44)(H,39,42)(H3,33,35,45). The van der Waals surface area contributed by atoms with E-state index in [1.807, 2.05) is 0 Å². The number of primary amides is 1. The number of nitrogens with zero attached hydrogens (tertiary/aromatic N) is 3. The van der Waals surface area contributed by atoms with Crippen LogP contribution in [0.1, 0.15) is 33.1 Å². The number of carbonyl (C=O) groups excluding carboxylic acids is 4. The second-order valence-electron chi connectivity index (χ2n) is 11.2. The zero-order valence-electron chi connectivity index (χ0n) is 29.5. The molecular formula is C32H54N8O11. The molecule has 0 aliphatic rings. The van der Waals surface area contributed by atoms with Gasteiger partial charge in [-0.2, -0.15) is 0 Å². The second-order valence-corrected chi connectivity index (χ2v) is 11.2. The smallest absolute Gasteiger partial charge is 0.312 e. The summed E-state index contributed by atoms with van der Waals surface area (Å²) >= 11 is 0. The Morgan fingerprint density at radius 2 is 1.29 bits per heavy atom. The van der Waals surface area contributed by atoms with Crippen molar-refractivity contribution in [3.05, 3.63) is 34.7 Å². The molecule has 1 rings (SSSR count). The number of rotatable bonds is 31. The zero-order valence-corrected chi connectivity index (χ0v) is 29.5. The number of ether oxygens (including phenoxy) is 6. The number of nitrogens with two attached hydrogens (primary N) is 1. The van der Waals surface area contributed by atoms with Gasteiger partial charge >= 0.3 is 6.03 Å². The first-order valence-corrected chi connectivity index (χ1v) is 16.8. The molecule has 2 unspecified atom stereocenters. The van der Waals surface area contributed by atoms with Crippen LogP contribution < -0.4 is 27.0 Å². The molecule has 7 N–H and O–H groups in total. The van der Waals surface area contributed by atoms with Gasteiger partial charge in [0, 0.05) is 30.1 Å². The maximum absolute atomic E-state index is 13.2. The fraction of sp³-hybridized carbons (Fsp3) is 0.688. The number of anilines is 1. The first-order chi connectivity index (χ1) is 24.6. The number of amides is 5. The number of carbonyl (C=O) groups is 4. The molecule has 1 aromatic carbocycles. The van der Waals surface area contributed by atoms with Gasteiger partial charge in [0.25, 0.3) is 0 Å². The zero-order chi connectivity index (χ0) is 37.5. The predicted octanol–water partition coefficient (Wildman–Crippen LogP) is 1.20. The van der Waals surface area contributed by atoms with Crippen molar-refractivity contribution < 1.29 is 52.7 Å². The highest BCUT2D eigenvalue weighted by atomic mass is 16.6. The van der Waals surface area contributed by atoms with E-state index in [-0.39, 0.29) is 44.3 Å². The molecule has 0 bridgehead atoms. The Morgan fingerprint density at radius 3 is 1.78 bits per heavy atom. The Balaban J connectivity index is 2.24. The quantitative estimate of drug-likeness (QED) is 0.0208. The summed E-state index contributed by atoms with van der Waals surface area (Å²) in [5, 5.41) is 23.4. The lowest BCUT2D eigenvalue weighted by Gasteiger charge is -2.25. The van der Waals surface area contributed by atoms with Gasteiger partial charge in [-0.15, -0.1) is 0 Å². The average Bonchev–Trinajstić information content (AvgIpc) is 3.09. The van der Waals surface area contributed by atoms with Gasteiger partial charge in [0.15, 0.2) is 0 Å². The van der Waals surface area contributed by atoms with Crippen LogP contribution in [0.4, 0.5) is 10.5 Å².